The lowest BCUT2D eigenvalue weighted by Crippen LogP contribution is -2.23. The number of hydrogen-bond donors (Lipinski definition) is 0. The van der Waals surface area contributed by atoms with E-state index in [0.29, 0.717) is 5.75 Å². The second kappa shape index (κ2) is 12.1. The van der Waals surface area contributed by atoms with Crippen molar-refractivity contribution in [3.05, 3.63) is 129 Å². The van der Waals surface area contributed by atoms with Crippen molar-refractivity contribution < 1.29 is 35.6 Å². The Morgan fingerprint density at radius 1 is 0.814 bits per heavy atom. The van der Waals surface area contributed by atoms with Crippen molar-refractivity contribution >= 4 is 37.3 Å². The Hall–Kier alpha value is -5.53. The molecular weight excluding hydrogens is 604 g/mol. The van der Waals surface area contributed by atoms with Crippen molar-refractivity contribution in [2.45, 2.75) is 9.79 Å². The summed E-state index contributed by atoms with van der Waals surface area (Å²) in [6.45, 7) is 0. The highest BCUT2D eigenvalue weighted by Crippen LogP contribution is 2.33. The van der Waals surface area contributed by atoms with E-state index in [0.717, 1.165) is 65.2 Å². The highest BCUT2D eigenvalue weighted by atomic mass is 32.2. The Bertz CT molecular complexity index is 1900. The van der Waals surface area contributed by atoms with E-state index < -0.39 is 40.8 Å². The lowest BCUT2D eigenvalue weighted by atomic mass is 9.95. The first-order chi connectivity index (χ1) is 20.4. The van der Waals surface area contributed by atoms with Crippen LogP contribution in [0.25, 0.3) is 5.76 Å². The Morgan fingerprint density at radius 3 is 1.74 bits per heavy atom. The third kappa shape index (κ3) is 6.53. The van der Waals surface area contributed by atoms with Crippen molar-refractivity contribution in [3.8, 4) is 11.8 Å². The van der Waals surface area contributed by atoms with Gasteiger partial charge >= 0.3 is 10.1 Å². The van der Waals surface area contributed by atoms with E-state index in [2.05, 4.69) is 0 Å². The number of sulfonamides is 1. The molecule has 3 aromatic carbocycles. The molecule has 0 N–H and O–H groups in total. The molecule has 0 saturated heterocycles. The highest BCUT2D eigenvalue weighted by Gasteiger charge is 2.28. The molecule has 220 valence electrons. The van der Waals surface area contributed by atoms with Crippen LogP contribution >= 0.6 is 0 Å². The van der Waals surface area contributed by atoms with E-state index in [1.807, 2.05) is 6.07 Å². The number of non-ortho nitro benzene ring substituents is 2. The van der Waals surface area contributed by atoms with Crippen LogP contribution in [0.15, 0.2) is 113 Å². The summed E-state index contributed by atoms with van der Waals surface area (Å²) >= 11 is 0. The van der Waals surface area contributed by atoms with Gasteiger partial charge < -0.3 is 8.92 Å². The van der Waals surface area contributed by atoms with Crippen molar-refractivity contribution in [1.82, 2.24) is 4.31 Å². The summed E-state index contributed by atoms with van der Waals surface area (Å²) in [5.74, 6) is -0.878. The molecule has 0 amide bonds. The van der Waals surface area contributed by atoms with Crippen LogP contribution in [0.5, 0.6) is 5.75 Å². The predicted octanol–water partition coefficient (Wildman–Crippen LogP) is 4.50. The number of allylic oxidation sites excluding steroid dienone is 3. The Kier molecular flexibility index (Phi) is 8.59. The molecule has 14 nitrogen and oxygen atoms in total. The average molecular weight is 625 g/mol. The van der Waals surface area contributed by atoms with E-state index in [9.17, 15) is 42.3 Å². The number of hydrogen-bond acceptors (Lipinski definition) is 11. The molecule has 0 spiro atoms. The maximum atomic E-state index is 13.2. The van der Waals surface area contributed by atoms with Gasteiger partial charge in [0.15, 0.2) is 5.76 Å². The topological polar surface area (TPSA) is 200 Å². The van der Waals surface area contributed by atoms with Crippen LogP contribution in [0.1, 0.15) is 5.56 Å². The number of ether oxygens (including phenoxy) is 1. The van der Waals surface area contributed by atoms with Gasteiger partial charge in [-0.25, -0.2) is 12.7 Å². The van der Waals surface area contributed by atoms with Crippen molar-refractivity contribution in [3.63, 3.8) is 0 Å². The molecule has 1 aliphatic rings. The normalized spacial score (nSPS) is 14.0. The van der Waals surface area contributed by atoms with Gasteiger partial charge in [-0.1, -0.05) is 12.2 Å². The van der Waals surface area contributed by atoms with Crippen LogP contribution < -0.4 is 4.74 Å². The zero-order chi connectivity index (χ0) is 31.4. The van der Waals surface area contributed by atoms with E-state index >= 15 is 0 Å². The summed E-state index contributed by atoms with van der Waals surface area (Å²) in [7, 11) is -7.34. The van der Waals surface area contributed by atoms with Crippen LogP contribution in [-0.4, -0.2) is 38.1 Å². The Morgan fingerprint density at radius 2 is 1.30 bits per heavy atom. The van der Waals surface area contributed by atoms with Gasteiger partial charge in [0.05, 0.1) is 33.5 Å². The van der Waals surface area contributed by atoms with Gasteiger partial charge in [-0.15, -0.1) is 0 Å². The fourth-order valence-electron chi connectivity index (χ4n) is 3.84. The maximum Gasteiger partial charge on any atom is 0.339 e. The monoisotopic (exact) mass is 624 g/mol. The second-order valence-corrected chi connectivity index (χ2v) is 12.1. The second-order valence-electron chi connectivity index (χ2n) is 8.67. The largest absolute Gasteiger partial charge is 0.497 e. The minimum absolute atomic E-state index is 0.172. The standard InChI is InChI=1S/C27H20N4O10S2/c1-40-23-8-2-20(3-9-23)27(41-43(38,39)25-12-6-22(7-13-25)31(34)35)26(18-28)19-14-16-29(17-15-19)42(36,37)24-10-4-21(5-11-24)30(32)33/h2-17,19H,1H3/b27-26+. The Balaban J connectivity index is 1.72. The molecule has 0 bridgehead atoms. The zero-order valence-electron chi connectivity index (χ0n) is 22.0. The maximum absolute atomic E-state index is 13.2. The number of nitro groups is 2. The molecule has 1 heterocycles. The van der Waals surface area contributed by atoms with Gasteiger partial charge in [-0.3, -0.25) is 20.2 Å². The first-order valence-electron chi connectivity index (χ1n) is 12.0. The highest BCUT2D eigenvalue weighted by molar-refractivity contribution is 7.89. The predicted molar refractivity (Wildman–Crippen MR) is 151 cm³/mol. The summed E-state index contributed by atoms with van der Waals surface area (Å²) in [5.41, 5.74) is -0.656. The summed E-state index contributed by atoms with van der Waals surface area (Å²) < 4.78 is 63.9. The Labute approximate surface area is 245 Å². The van der Waals surface area contributed by atoms with Gasteiger partial charge in [-0.2, -0.15) is 13.7 Å². The van der Waals surface area contributed by atoms with Gasteiger partial charge in [0, 0.05) is 48.1 Å². The number of nitriles is 1. The fourth-order valence-corrected chi connectivity index (χ4v) is 6.00. The van der Waals surface area contributed by atoms with Crippen LogP contribution in [0.2, 0.25) is 0 Å². The van der Waals surface area contributed by atoms with Gasteiger partial charge in [0.1, 0.15) is 10.6 Å². The third-order valence-electron chi connectivity index (χ3n) is 6.08. The molecular formula is C27H20N4O10S2. The molecule has 43 heavy (non-hydrogen) atoms. The van der Waals surface area contributed by atoms with Gasteiger partial charge in [0.2, 0.25) is 0 Å². The van der Waals surface area contributed by atoms with E-state index in [4.69, 9.17) is 8.92 Å². The third-order valence-corrected chi connectivity index (χ3v) is 8.99. The van der Waals surface area contributed by atoms with Crippen molar-refractivity contribution in [2.75, 3.05) is 7.11 Å². The number of rotatable bonds is 10. The molecule has 4 rings (SSSR count). The van der Waals surface area contributed by atoms with Crippen LogP contribution in [0, 0.1) is 37.5 Å². The van der Waals surface area contributed by atoms with Crippen molar-refractivity contribution in [1.29, 1.82) is 5.26 Å². The average Bonchev–Trinajstić information content (AvgIpc) is 3.01. The lowest BCUT2D eigenvalue weighted by molar-refractivity contribution is -0.385. The van der Waals surface area contributed by atoms with E-state index in [1.54, 1.807) is 0 Å². The quantitative estimate of drug-likeness (QED) is 0.101. The van der Waals surface area contributed by atoms with Crippen LogP contribution in [0.4, 0.5) is 11.4 Å². The summed E-state index contributed by atoms with van der Waals surface area (Å²) in [6, 6.07) is 16.1. The SMILES string of the molecule is COc1ccc(/C(OS(=O)(=O)c2ccc([N+](=O)[O-])cc2)=C(/C#N)C2C=CN(S(=O)(=O)c3ccc([N+](=O)[O-])cc3)C=C2)cc1. The number of nitrogens with zero attached hydrogens (tertiary/aromatic N) is 4. The molecule has 0 unspecified atom stereocenters. The van der Waals surface area contributed by atoms with Crippen molar-refractivity contribution in [2.24, 2.45) is 5.92 Å². The molecule has 1 aliphatic heterocycles. The van der Waals surface area contributed by atoms with Gasteiger partial charge in [0.25, 0.3) is 21.4 Å². The summed E-state index contributed by atoms with van der Waals surface area (Å²) in [6.07, 6.45) is 4.95. The van der Waals surface area contributed by atoms with Gasteiger partial charge in [-0.05, 0) is 48.5 Å². The molecule has 0 atom stereocenters. The fraction of sp³-hybridized carbons (Fsp3) is 0.0741. The zero-order valence-corrected chi connectivity index (χ0v) is 23.6. The first kappa shape index (κ1) is 30.4. The summed E-state index contributed by atoms with van der Waals surface area (Å²) in [5, 5.41) is 32.0. The number of benzene rings is 3. The van der Waals surface area contributed by atoms with Crippen LogP contribution in [-0.2, 0) is 24.3 Å². The molecule has 16 heteroatoms. The molecule has 0 aromatic heterocycles. The van der Waals surface area contributed by atoms with E-state index in [-0.39, 0.29) is 33.2 Å². The molecule has 0 saturated carbocycles. The molecule has 0 radical (unpaired) electrons. The molecule has 0 fully saturated rings. The van der Waals surface area contributed by atoms with E-state index in [1.165, 1.54) is 43.5 Å². The smallest absolute Gasteiger partial charge is 0.339 e. The van der Waals surface area contributed by atoms with Crippen LogP contribution in [0.3, 0.4) is 0 Å². The summed E-state index contributed by atoms with van der Waals surface area (Å²) in [4.78, 5) is 19.9. The number of methoxy groups -OCH3 is 1. The molecule has 0 aliphatic carbocycles. The minimum atomic E-state index is -4.60. The number of nitro benzene ring substituents is 2. The minimum Gasteiger partial charge on any atom is -0.497 e. The first-order valence-corrected chi connectivity index (χ1v) is 14.8. The molecule has 3 aromatic rings. The lowest BCUT2D eigenvalue weighted by Gasteiger charge is -2.22.